The topological polar surface area (TPSA) is 12.4 Å². The third-order valence-electron chi connectivity index (χ3n) is 0.997. The predicted octanol–water partition coefficient (Wildman–Crippen LogP) is 2.40. The molecule has 0 aromatic rings. The molecule has 1 nitrogen and oxygen atoms in total. The van der Waals surface area contributed by atoms with Gasteiger partial charge in [0.25, 0.3) is 0 Å². The molecule has 0 fully saturated rings. The van der Waals surface area contributed by atoms with Crippen LogP contribution in [-0.2, 0) is 0 Å². The zero-order chi connectivity index (χ0) is 5.98. The lowest BCUT2D eigenvalue weighted by Gasteiger charge is -2.03. The monoisotopic (exact) mass is 127 g/mol. The summed E-state index contributed by atoms with van der Waals surface area (Å²) in [6.45, 7) is 4.19. The Balaban J connectivity index is 2.57. The van der Waals surface area contributed by atoms with E-state index in [9.17, 15) is 0 Å². The molecule has 0 saturated carbocycles. The molecule has 1 aliphatic rings. The number of hydrogen-bond acceptors (Lipinski definition) is 2. The van der Waals surface area contributed by atoms with Crippen LogP contribution in [0.3, 0.4) is 0 Å². The summed E-state index contributed by atoms with van der Waals surface area (Å²) in [5.74, 6) is 0. The van der Waals surface area contributed by atoms with Gasteiger partial charge in [0.1, 0.15) is 0 Å². The number of allylic oxidation sites excluding steroid dienone is 1. The standard InChI is InChI=1S/C6H9NS/c1-5-3-6(2)7-8-4-5/h4H,3H2,1-2H3. The summed E-state index contributed by atoms with van der Waals surface area (Å²) in [4.78, 5) is 0. The molecular weight excluding hydrogens is 118 g/mol. The number of rotatable bonds is 0. The highest BCUT2D eigenvalue weighted by Gasteiger charge is 1.98. The summed E-state index contributed by atoms with van der Waals surface area (Å²) < 4.78 is 4.14. The molecule has 2 heteroatoms. The summed E-state index contributed by atoms with van der Waals surface area (Å²) in [5, 5.41) is 2.09. The zero-order valence-corrected chi connectivity index (χ0v) is 5.96. The Hall–Kier alpha value is -0.240. The molecule has 8 heavy (non-hydrogen) atoms. The summed E-state index contributed by atoms with van der Waals surface area (Å²) in [6.07, 6.45) is 1.06. The Morgan fingerprint density at radius 3 is 2.75 bits per heavy atom. The first-order chi connectivity index (χ1) is 3.79. The van der Waals surface area contributed by atoms with E-state index in [-0.39, 0.29) is 0 Å². The zero-order valence-electron chi connectivity index (χ0n) is 5.14. The predicted molar refractivity (Wildman–Crippen MR) is 39.1 cm³/mol. The molecular formula is C6H9NS. The van der Waals surface area contributed by atoms with Gasteiger partial charge in [-0.1, -0.05) is 5.57 Å². The van der Waals surface area contributed by atoms with Gasteiger partial charge < -0.3 is 0 Å². The first kappa shape index (κ1) is 5.89. The van der Waals surface area contributed by atoms with Crippen molar-refractivity contribution >= 4 is 17.7 Å². The molecule has 0 bridgehead atoms. The molecule has 44 valence electrons. The van der Waals surface area contributed by atoms with E-state index in [1.54, 1.807) is 0 Å². The maximum absolute atomic E-state index is 4.14. The first-order valence-corrected chi connectivity index (χ1v) is 3.47. The Bertz CT molecular complexity index is 131. The highest BCUT2D eigenvalue weighted by atomic mass is 32.2. The Kier molecular flexibility index (Phi) is 1.73. The average molecular weight is 127 g/mol. The lowest BCUT2D eigenvalue weighted by Crippen LogP contribution is -1.93. The van der Waals surface area contributed by atoms with Crippen LogP contribution in [0.1, 0.15) is 20.3 Å². The summed E-state index contributed by atoms with van der Waals surface area (Å²) in [6, 6.07) is 0. The van der Waals surface area contributed by atoms with E-state index < -0.39 is 0 Å². The minimum absolute atomic E-state index is 1.06. The second kappa shape index (κ2) is 2.35. The van der Waals surface area contributed by atoms with Crippen LogP contribution < -0.4 is 0 Å². The quantitative estimate of drug-likeness (QED) is 0.455. The fourth-order valence-corrected chi connectivity index (χ4v) is 1.24. The lowest BCUT2D eigenvalue weighted by molar-refractivity contribution is 1.25. The maximum atomic E-state index is 4.14. The first-order valence-electron chi connectivity index (χ1n) is 2.64. The van der Waals surface area contributed by atoms with Crippen molar-refractivity contribution in [3.8, 4) is 0 Å². The van der Waals surface area contributed by atoms with Crippen LogP contribution in [0.25, 0.3) is 0 Å². The summed E-state index contributed by atoms with van der Waals surface area (Å²) in [5.41, 5.74) is 2.65. The van der Waals surface area contributed by atoms with Crippen molar-refractivity contribution in [3.05, 3.63) is 11.0 Å². The van der Waals surface area contributed by atoms with E-state index in [1.807, 2.05) is 0 Å². The Labute approximate surface area is 54.0 Å². The molecule has 0 N–H and O–H groups in total. The largest absolute Gasteiger partial charge is 0.221 e. The van der Waals surface area contributed by atoms with E-state index in [0.29, 0.717) is 0 Å². The van der Waals surface area contributed by atoms with Crippen molar-refractivity contribution < 1.29 is 0 Å². The lowest BCUT2D eigenvalue weighted by atomic mass is 10.2. The van der Waals surface area contributed by atoms with Crippen LogP contribution >= 0.6 is 11.9 Å². The molecule has 0 aromatic carbocycles. The van der Waals surface area contributed by atoms with Gasteiger partial charge in [-0.15, -0.1) is 0 Å². The molecule has 0 aromatic heterocycles. The van der Waals surface area contributed by atoms with Crippen molar-refractivity contribution in [3.63, 3.8) is 0 Å². The summed E-state index contributed by atoms with van der Waals surface area (Å²) >= 11 is 1.54. The van der Waals surface area contributed by atoms with Gasteiger partial charge >= 0.3 is 0 Å². The molecule has 0 radical (unpaired) electrons. The van der Waals surface area contributed by atoms with E-state index in [2.05, 4.69) is 23.7 Å². The van der Waals surface area contributed by atoms with Crippen LogP contribution in [0.4, 0.5) is 0 Å². The SMILES string of the molecule is CC1=CSN=C(C)C1. The average Bonchev–Trinajstić information content (AvgIpc) is 1.64. The van der Waals surface area contributed by atoms with Gasteiger partial charge in [-0.25, -0.2) is 4.40 Å². The molecule has 1 rings (SSSR count). The molecule has 1 heterocycles. The van der Waals surface area contributed by atoms with Crippen LogP contribution in [0, 0.1) is 0 Å². The van der Waals surface area contributed by atoms with E-state index in [4.69, 9.17) is 0 Å². The van der Waals surface area contributed by atoms with Gasteiger partial charge in [-0.3, -0.25) is 0 Å². The van der Waals surface area contributed by atoms with Gasteiger partial charge in [-0.2, -0.15) is 0 Å². The fourth-order valence-electron chi connectivity index (χ4n) is 0.684. The normalized spacial score (nSPS) is 19.8. The van der Waals surface area contributed by atoms with Crippen LogP contribution in [0.2, 0.25) is 0 Å². The van der Waals surface area contributed by atoms with Crippen LogP contribution in [0.15, 0.2) is 15.4 Å². The summed E-state index contributed by atoms with van der Waals surface area (Å²) in [7, 11) is 0. The molecule has 0 amide bonds. The minimum atomic E-state index is 1.06. The molecule has 0 unspecified atom stereocenters. The van der Waals surface area contributed by atoms with E-state index in [1.165, 1.54) is 23.2 Å². The van der Waals surface area contributed by atoms with E-state index in [0.717, 1.165) is 6.42 Å². The van der Waals surface area contributed by atoms with E-state index >= 15 is 0 Å². The third-order valence-corrected chi connectivity index (χ3v) is 1.92. The molecule has 0 saturated heterocycles. The molecule has 0 spiro atoms. The van der Waals surface area contributed by atoms with Crippen molar-refractivity contribution in [1.82, 2.24) is 0 Å². The minimum Gasteiger partial charge on any atom is -0.221 e. The van der Waals surface area contributed by atoms with Crippen molar-refractivity contribution in [2.75, 3.05) is 0 Å². The molecule has 0 atom stereocenters. The second-order valence-electron chi connectivity index (χ2n) is 2.07. The van der Waals surface area contributed by atoms with Gasteiger partial charge in [0.15, 0.2) is 0 Å². The molecule has 1 aliphatic heterocycles. The third kappa shape index (κ3) is 1.37. The van der Waals surface area contributed by atoms with Gasteiger partial charge in [0.05, 0.1) is 0 Å². The van der Waals surface area contributed by atoms with Crippen LogP contribution in [0.5, 0.6) is 0 Å². The smallest absolute Gasteiger partial charge is 0.0276 e. The number of nitrogens with zero attached hydrogens (tertiary/aromatic N) is 1. The second-order valence-corrected chi connectivity index (χ2v) is 2.70. The number of hydrogen-bond donors (Lipinski definition) is 0. The maximum Gasteiger partial charge on any atom is 0.0276 e. The Morgan fingerprint density at radius 1 is 1.62 bits per heavy atom. The van der Waals surface area contributed by atoms with Gasteiger partial charge in [0, 0.05) is 24.1 Å². The highest BCUT2D eigenvalue weighted by Crippen LogP contribution is 2.18. The Morgan fingerprint density at radius 2 is 2.38 bits per heavy atom. The highest BCUT2D eigenvalue weighted by molar-refractivity contribution is 8.01. The van der Waals surface area contributed by atoms with Crippen LogP contribution in [-0.4, -0.2) is 5.71 Å². The van der Waals surface area contributed by atoms with Crippen molar-refractivity contribution in [2.24, 2.45) is 4.40 Å². The fraction of sp³-hybridized carbons (Fsp3) is 0.500. The van der Waals surface area contributed by atoms with Gasteiger partial charge in [-0.05, 0) is 19.3 Å². The van der Waals surface area contributed by atoms with Gasteiger partial charge in [0.2, 0.25) is 0 Å². The molecule has 0 aliphatic carbocycles. The van der Waals surface area contributed by atoms with Crippen molar-refractivity contribution in [2.45, 2.75) is 20.3 Å². The van der Waals surface area contributed by atoms with Crippen molar-refractivity contribution in [1.29, 1.82) is 0 Å².